The van der Waals surface area contributed by atoms with E-state index >= 15 is 0 Å². The Morgan fingerprint density at radius 2 is 1.68 bits per heavy atom. The molecule has 0 saturated carbocycles. The maximum Gasteiger partial charge on any atom is 0.254 e. The SMILES string of the molecule is CCCCCCCCS(=O)(=O)/N=C(\C#N)c1ccc(C)cc1. The molecule has 0 saturated heterocycles. The van der Waals surface area contributed by atoms with Gasteiger partial charge in [0, 0.05) is 5.56 Å². The van der Waals surface area contributed by atoms with Gasteiger partial charge in [0.25, 0.3) is 10.0 Å². The second-order valence-corrected chi connectivity index (χ2v) is 7.23. The molecule has 0 heterocycles. The van der Waals surface area contributed by atoms with Gasteiger partial charge in [0.2, 0.25) is 0 Å². The van der Waals surface area contributed by atoms with Crippen molar-refractivity contribution < 1.29 is 8.42 Å². The van der Waals surface area contributed by atoms with Crippen LogP contribution in [0.5, 0.6) is 0 Å². The molecule has 4 nitrogen and oxygen atoms in total. The highest BCUT2D eigenvalue weighted by Gasteiger charge is 2.12. The first-order valence-electron chi connectivity index (χ1n) is 7.78. The summed E-state index contributed by atoms with van der Waals surface area (Å²) in [7, 11) is -3.58. The van der Waals surface area contributed by atoms with Crippen molar-refractivity contribution in [3.05, 3.63) is 35.4 Å². The molecule has 0 aliphatic carbocycles. The van der Waals surface area contributed by atoms with Crippen LogP contribution in [0, 0.1) is 18.3 Å². The first-order chi connectivity index (χ1) is 10.5. The van der Waals surface area contributed by atoms with E-state index in [9.17, 15) is 8.42 Å². The smallest absolute Gasteiger partial charge is 0.205 e. The van der Waals surface area contributed by atoms with E-state index in [0.717, 1.165) is 24.8 Å². The summed E-state index contributed by atoms with van der Waals surface area (Å²) in [4.78, 5) is 0. The summed E-state index contributed by atoms with van der Waals surface area (Å²) in [5, 5.41) is 9.14. The van der Waals surface area contributed by atoms with Gasteiger partial charge in [-0.15, -0.1) is 0 Å². The summed E-state index contributed by atoms with van der Waals surface area (Å²) in [6.45, 7) is 4.08. The van der Waals surface area contributed by atoms with Gasteiger partial charge in [0.1, 0.15) is 6.07 Å². The average Bonchev–Trinajstić information content (AvgIpc) is 2.49. The van der Waals surface area contributed by atoms with E-state index in [1.54, 1.807) is 12.1 Å². The number of unbranched alkanes of at least 4 members (excludes halogenated alkanes) is 5. The summed E-state index contributed by atoms with van der Waals surface area (Å²) in [6.07, 6.45) is 6.05. The third-order valence-corrected chi connectivity index (χ3v) is 4.68. The number of nitriles is 1. The van der Waals surface area contributed by atoms with Crippen molar-refractivity contribution in [3.8, 4) is 6.07 Å². The lowest BCUT2D eigenvalue weighted by Crippen LogP contribution is -2.08. The normalized spacial score (nSPS) is 12.1. The van der Waals surface area contributed by atoms with Crippen LogP contribution < -0.4 is 0 Å². The summed E-state index contributed by atoms with van der Waals surface area (Å²) < 4.78 is 27.7. The Balaban J connectivity index is 2.63. The standard InChI is InChI=1S/C17H24N2O2S/c1-3-4-5-6-7-8-13-22(20,21)19-17(14-18)16-11-9-15(2)10-12-16/h9-12H,3-8,13H2,1-2H3/b19-17+. The van der Waals surface area contributed by atoms with Gasteiger partial charge < -0.3 is 0 Å². The van der Waals surface area contributed by atoms with E-state index in [1.807, 2.05) is 25.1 Å². The number of rotatable bonds is 9. The van der Waals surface area contributed by atoms with Gasteiger partial charge in [-0.3, -0.25) is 0 Å². The van der Waals surface area contributed by atoms with Crippen LogP contribution in [0.25, 0.3) is 0 Å². The summed E-state index contributed by atoms with van der Waals surface area (Å²) >= 11 is 0. The molecule has 0 unspecified atom stereocenters. The Kier molecular flexibility index (Phi) is 7.83. The van der Waals surface area contributed by atoms with Gasteiger partial charge >= 0.3 is 0 Å². The molecule has 1 rings (SSSR count). The highest BCUT2D eigenvalue weighted by Crippen LogP contribution is 2.10. The maximum absolute atomic E-state index is 12.0. The molecule has 0 fully saturated rings. The van der Waals surface area contributed by atoms with Gasteiger partial charge in [0.15, 0.2) is 5.71 Å². The number of sulfonamides is 1. The monoisotopic (exact) mass is 320 g/mol. The van der Waals surface area contributed by atoms with Crippen molar-refractivity contribution >= 4 is 15.7 Å². The fourth-order valence-corrected chi connectivity index (χ4v) is 3.18. The molecule has 5 heteroatoms. The highest BCUT2D eigenvalue weighted by atomic mass is 32.2. The molecule has 0 atom stereocenters. The molecule has 0 spiro atoms. The molecule has 0 aromatic heterocycles. The van der Waals surface area contributed by atoms with Crippen molar-refractivity contribution in [2.45, 2.75) is 52.4 Å². The van der Waals surface area contributed by atoms with Crippen LogP contribution in [0.4, 0.5) is 0 Å². The van der Waals surface area contributed by atoms with E-state index in [0.29, 0.717) is 12.0 Å². The Bertz CT molecular complexity index is 626. The summed E-state index contributed by atoms with van der Waals surface area (Å²) in [6, 6.07) is 8.99. The quantitative estimate of drug-likeness (QED) is 0.510. The number of hydrogen-bond donors (Lipinski definition) is 0. The van der Waals surface area contributed by atoms with Crippen molar-refractivity contribution in [3.63, 3.8) is 0 Å². The third-order valence-electron chi connectivity index (χ3n) is 3.42. The van der Waals surface area contributed by atoms with Gasteiger partial charge in [0.05, 0.1) is 5.75 Å². The molecular formula is C17H24N2O2S. The number of nitrogens with zero attached hydrogens (tertiary/aromatic N) is 2. The van der Waals surface area contributed by atoms with Crippen molar-refractivity contribution in [2.24, 2.45) is 4.40 Å². The third kappa shape index (κ3) is 6.86. The molecule has 120 valence electrons. The number of aryl methyl sites for hydroxylation is 1. The van der Waals surface area contributed by atoms with Crippen LogP contribution in [-0.2, 0) is 10.0 Å². The topological polar surface area (TPSA) is 70.3 Å². The summed E-state index contributed by atoms with van der Waals surface area (Å²) in [5.74, 6) is 0.0101. The van der Waals surface area contributed by atoms with E-state index in [1.165, 1.54) is 12.8 Å². The van der Waals surface area contributed by atoms with Crippen LogP contribution >= 0.6 is 0 Å². The molecule has 0 aliphatic rings. The average molecular weight is 320 g/mol. The zero-order valence-corrected chi connectivity index (χ0v) is 14.2. The molecule has 1 aromatic carbocycles. The summed E-state index contributed by atoms with van der Waals surface area (Å²) in [5.41, 5.74) is 1.56. The molecule has 0 aliphatic heterocycles. The number of benzene rings is 1. The molecular weight excluding hydrogens is 296 g/mol. The maximum atomic E-state index is 12.0. The van der Waals surface area contributed by atoms with E-state index < -0.39 is 10.0 Å². The van der Waals surface area contributed by atoms with E-state index in [2.05, 4.69) is 11.3 Å². The Morgan fingerprint density at radius 1 is 1.09 bits per heavy atom. The Hall–Kier alpha value is -1.67. The molecule has 22 heavy (non-hydrogen) atoms. The van der Waals surface area contributed by atoms with Crippen LogP contribution in [-0.4, -0.2) is 19.9 Å². The lowest BCUT2D eigenvalue weighted by atomic mass is 10.1. The highest BCUT2D eigenvalue weighted by molar-refractivity contribution is 7.90. The predicted octanol–water partition coefficient (Wildman–Crippen LogP) is 4.00. The minimum absolute atomic E-state index is 0.0101. The van der Waals surface area contributed by atoms with Crippen molar-refractivity contribution in [1.29, 1.82) is 5.26 Å². The van der Waals surface area contributed by atoms with Crippen LogP contribution in [0.15, 0.2) is 28.7 Å². The Labute approximate surface area is 133 Å². The molecule has 1 aromatic rings. The van der Waals surface area contributed by atoms with Crippen LogP contribution in [0.1, 0.15) is 56.6 Å². The second-order valence-electron chi connectivity index (χ2n) is 5.47. The first kappa shape index (κ1) is 18.4. The van der Waals surface area contributed by atoms with Crippen LogP contribution in [0.3, 0.4) is 0 Å². The minimum Gasteiger partial charge on any atom is -0.205 e. The fraction of sp³-hybridized carbons (Fsp3) is 0.529. The van der Waals surface area contributed by atoms with E-state index in [-0.39, 0.29) is 11.5 Å². The molecule has 0 N–H and O–H groups in total. The molecule has 0 radical (unpaired) electrons. The van der Waals surface area contributed by atoms with Gasteiger partial charge in [-0.2, -0.15) is 9.66 Å². The zero-order valence-electron chi connectivity index (χ0n) is 13.4. The predicted molar refractivity (Wildman–Crippen MR) is 90.5 cm³/mol. The minimum atomic E-state index is -3.58. The zero-order chi connectivity index (χ0) is 16.4. The molecule has 0 bridgehead atoms. The molecule has 0 amide bonds. The van der Waals surface area contributed by atoms with Crippen molar-refractivity contribution in [2.75, 3.05) is 5.75 Å². The van der Waals surface area contributed by atoms with Gasteiger partial charge in [-0.05, 0) is 13.3 Å². The van der Waals surface area contributed by atoms with Crippen molar-refractivity contribution in [1.82, 2.24) is 0 Å². The van der Waals surface area contributed by atoms with Gasteiger partial charge in [-0.25, -0.2) is 8.42 Å². The van der Waals surface area contributed by atoms with Gasteiger partial charge in [-0.1, -0.05) is 68.9 Å². The number of hydrogen-bond acceptors (Lipinski definition) is 3. The van der Waals surface area contributed by atoms with Crippen LogP contribution in [0.2, 0.25) is 0 Å². The fourth-order valence-electron chi connectivity index (χ4n) is 2.10. The first-order valence-corrected chi connectivity index (χ1v) is 9.39. The lowest BCUT2D eigenvalue weighted by Gasteiger charge is -2.02. The second kappa shape index (κ2) is 9.37. The lowest BCUT2D eigenvalue weighted by molar-refractivity contribution is 0.585. The largest absolute Gasteiger partial charge is 0.254 e. The van der Waals surface area contributed by atoms with E-state index in [4.69, 9.17) is 5.26 Å². The Morgan fingerprint density at radius 3 is 2.27 bits per heavy atom.